The number of likely N-dealkylation sites (N-methyl/N-ethyl adjacent to an activating group) is 1. The lowest BCUT2D eigenvalue weighted by Crippen LogP contribution is -2.55. The van der Waals surface area contributed by atoms with Gasteiger partial charge >= 0.3 is 0 Å². The maximum absolute atomic E-state index is 12.8. The van der Waals surface area contributed by atoms with E-state index in [4.69, 9.17) is 0 Å². The van der Waals surface area contributed by atoms with Crippen LogP contribution in [-0.2, 0) is 22.6 Å². The van der Waals surface area contributed by atoms with Gasteiger partial charge in [0.15, 0.2) is 0 Å². The van der Waals surface area contributed by atoms with Crippen LogP contribution < -0.4 is 10.6 Å². The molecule has 1 aliphatic heterocycles. The zero-order chi connectivity index (χ0) is 18.4. The number of halogens is 1. The lowest BCUT2D eigenvalue weighted by molar-refractivity contribution is -0.144. The van der Waals surface area contributed by atoms with Crippen LogP contribution in [0.1, 0.15) is 45.2 Å². The highest BCUT2D eigenvalue weighted by molar-refractivity contribution is 5.89. The average molecular weight is 382 g/mol. The van der Waals surface area contributed by atoms with Crippen LogP contribution >= 0.6 is 12.4 Å². The van der Waals surface area contributed by atoms with E-state index in [-0.39, 0.29) is 36.2 Å². The normalized spacial score (nSPS) is 18.3. The molecule has 1 aromatic rings. The van der Waals surface area contributed by atoms with Gasteiger partial charge in [0.05, 0.1) is 0 Å². The van der Waals surface area contributed by atoms with Gasteiger partial charge in [-0.3, -0.25) is 9.59 Å². The van der Waals surface area contributed by atoms with Crippen molar-refractivity contribution in [2.24, 2.45) is 5.92 Å². The molecule has 2 unspecified atom stereocenters. The highest BCUT2D eigenvalue weighted by atomic mass is 35.5. The topological polar surface area (TPSA) is 61.4 Å². The van der Waals surface area contributed by atoms with Crippen LogP contribution in [0.3, 0.4) is 0 Å². The van der Waals surface area contributed by atoms with Gasteiger partial charge in [0.1, 0.15) is 6.04 Å². The van der Waals surface area contributed by atoms with Crippen molar-refractivity contribution in [3.63, 3.8) is 0 Å². The van der Waals surface area contributed by atoms with Crippen molar-refractivity contribution in [3.05, 3.63) is 35.4 Å². The zero-order valence-corrected chi connectivity index (χ0v) is 17.1. The quantitative estimate of drug-likeness (QED) is 0.762. The lowest BCUT2D eigenvalue weighted by atomic mass is 9.92. The van der Waals surface area contributed by atoms with Crippen LogP contribution in [0.2, 0.25) is 0 Å². The second-order valence-corrected chi connectivity index (χ2v) is 6.97. The van der Waals surface area contributed by atoms with E-state index in [9.17, 15) is 9.59 Å². The molecule has 2 amide bonds. The van der Waals surface area contributed by atoms with Crippen molar-refractivity contribution in [3.8, 4) is 0 Å². The lowest BCUT2D eigenvalue weighted by Gasteiger charge is -2.37. The first-order valence-electron chi connectivity index (χ1n) is 9.36. The summed E-state index contributed by atoms with van der Waals surface area (Å²) in [6.45, 7) is 9.98. The molecule has 1 aromatic carbocycles. The molecule has 0 saturated heterocycles. The molecule has 0 saturated carbocycles. The van der Waals surface area contributed by atoms with E-state index in [2.05, 4.69) is 16.7 Å². The molecule has 5 nitrogen and oxygen atoms in total. The summed E-state index contributed by atoms with van der Waals surface area (Å²) in [5.41, 5.74) is 2.31. The van der Waals surface area contributed by atoms with Crippen molar-refractivity contribution < 1.29 is 9.59 Å². The molecule has 0 aromatic heterocycles. The maximum atomic E-state index is 12.8. The number of hydrogen-bond acceptors (Lipinski definition) is 3. The van der Waals surface area contributed by atoms with Gasteiger partial charge < -0.3 is 15.5 Å². The van der Waals surface area contributed by atoms with Crippen molar-refractivity contribution >= 4 is 24.2 Å². The molecule has 0 fully saturated rings. The van der Waals surface area contributed by atoms with E-state index in [0.717, 1.165) is 24.1 Å². The number of carbonyl (C=O) groups excluding carboxylic acids is 2. The molecule has 0 radical (unpaired) electrons. The second kappa shape index (κ2) is 10.5. The maximum Gasteiger partial charge on any atom is 0.243 e. The number of fused-ring (bicyclic) bond motifs is 1. The largest absolute Gasteiger partial charge is 0.353 e. The van der Waals surface area contributed by atoms with Crippen molar-refractivity contribution in [2.75, 3.05) is 13.1 Å². The number of rotatable bonds is 7. The Labute approximate surface area is 163 Å². The van der Waals surface area contributed by atoms with Gasteiger partial charge in [0, 0.05) is 31.5 Å². The Kier molecular flexibility index (Phi) is 9.09. The Bertz CT molecular complexity index is 608. The molecule has 6 heteroatoms. The van der Waals surface area contributed by atoms with Crippen molar-refractivity contribution in [2.45, 2.75) is 59.2 Å². The summed E-state index contributed by atoms with van der Waals surface area (Å²) in [6.07, 6.45) is 1.36. The van der Waals surface area contributed by atoms with Gasteiger partial charge in [-0.05, 0) is 31.0 Å². The molecule has 2 rings (SSSR count). The number of nitrogens with one attached hydrogen (secondary N) is 2. The second-order valence-electron chi connectivity index (χ2n) is 6.97. The molecule has 1 heterocycles. The standard InChI is InChI=1S/C20H31N3O2.ClH/c1-5-14(3)20(25)23-13-17-10-8-7-9-16(17)11-18(23)19(24)22-12-15(4)21-6-2;/h7-10,14-15,18,21H,5-6,11-13H2,1-4H3,(H,22,24);1H/t14?,15-,18?;/m1./s1. The first kappa shape index (κ1) is 22.5. The minimum atomic E-state index is -0.426. The molecule has 146 valence electrons. The fourth-order valence-electron chi connectivity index (χ4n) is 3.24. The number of nitrogens with zero attached hydrogens (tertiary/aromatic N) is 1. The highest BCUT2D eigenvalue weighted by Gasteiger charge is 2.35. The molecular formula is C20H32ClN3O2. The Hall–Kier alpha value is -1.59. The number of benzene rings is 1. The molecule has 0 bridgehead atoms. The van der Waals surface area contributed by atoms with E-state index >= 15 is 0 Å². The molecular weight excluding hydrogens is 350 g/mol. The molecule has 0 aliphatic carbocycles. The van der Waals surface area contributed by atoms with E-state index in [0.29, 0.717) is 19.5 Å². The first-order valence-corrected chi connectivity index (χ1v) is 9.36. The van der Waals surface area contributed by atoms with Crippen LogP contribution in [0.5, 0.6) is 0 Å². The van der Waals surface area contributed by atoms with E-state index < -0.39 is 6.04 Å². The molecule has 2 N–H and O–H groups in total. The zero-order valence-electron chi connectivity index (χ0n) is 16.2. The first-order chi connectivity index (χ1) is 12.0. The van der Waals surface area contributed by atoms with Gasteiger partial charge in [0.2, 0.25) is 11.8 Å². The highest BCUT2D eigenvalue weighted by Crippen LogP contribution is 2.25. The third-order valence-corrected chi connectivity index (χ3v) is 5.00. The third-order valence-electron chi connectivity index (χ3n) is 5.00. The Morgan fingerprint density at radius 3 is 2.46 bits per heavy atom. The number of hydrogen-bond donors (Lipinski definition) is 2. The van der Waals surface area contributed by atoms with Crippen LogP contribution in [0.4, 0.5) is 0 Å². The van der Waals surface area contributed by atoms with E-state index in [1.807, 2.05) is 45.9 Å². The summed E-state index contributed by atoms with van der Waals surface area (Å²) in [4.78, 5) is 27.4. The summed E-state index contributed by atoms with van der Waals surface area (Å²) in [5.74, 6) is -0.0611. The van der Waals surface area contributed by atoms with Crippen LogP contribution in [0.25, 0.3) is 0 Å². The fourth-order valence-corrected chi connectivity index (χ4v) is 3.24. The predicted octanol–water partition coefficient (Wildman–Crippen LogP) is 2.52. The van der Waals surface area contributed by atoms with E-state index in [1.54, 1.807) is 4.90 Å². The number of carbonyl (C=O) groups is 2. The monoisotopic (exact) mass is 381 g/mol. The van der Waals surface area contributed by atoms with Crippen LogP contribution in [-0.4, -0.2) is 41.9 Å². The summed E-state index contributed by atoms with van der Waals surface area (Å²) in [6, 6.07) is 7.88. The van der Waals surface area contributed by atoms with Gasteiger partial charge in [-0.2, -0.15) is 0 Å². The van der Waals surface area contributed by atoms with Gasteiger partial charge in [0.25, 0.3) is 0 Å². The minimum absolute atomic E-state index is 0. The molecule has 3 atom stereocenters. The van der Waals surface area contributed by atoms with Crippen molar-refractivity contribution in [1.29, 1.82) is 0 Å². The summed E-state index contributed by atoms with van der Waals surface area (Å²) < 4.78 is 0. The Morgan fingerprint density at radius 1 is 1.19 bits per heavy atom. The number of amides is 2. The summed E-state index contributed by atoms with van der Waals surface area (Å²) in [7, 11) is 0. The average Bonchev–Trinajstić information content (AvgIpc) is 2.64. The summed E-state index contributed by atoms with van der Waals surface area (Å²) >= 11 is 0. The van der Waals surface area contributed by atoms with Crippen LogP contribution in [0.15, 0.2) is 24.3 Å². The Morgan fingerprint density at radius 2 is 1.85 bits per heavy atom. The van der Waals surface area contributed by atoms with Gasteiger partial charge in [-0.15, -0.1) is 12.4 Å². The van der Waals surface area contributed by atoms with Gasteiger partial charge in [-0.1, -0.05) is 45.0 Å². The smallest absolute Gasteiger partial charge is 0.243 e. The molecule has 1 aliphatic rings. The van der Waals surface area contributed by atoms with Crippen LogP contribution in [0, 0.1) is 5.92 Å². The third kappa shape index (κ3) is 5.45. The summed E-state index contributed by atoms with van der Waals surface area (Å²) in [5, 5.41) is 6.30. The van der Waals surface area contributed by atoms with E-state index in [1.165, 1.54) is 0 Å². The fraction of sp³-hybridized carbons (Fsp3) is 0.600. The Balaban J connectivity index is 0.00000338. The molecule has 0 spiro atoms. The predicted molar refractivity (Wildman–Crippen MR) is 107 cm³/mol. The minimum Gasteiger partial charge on any atom is -0.353 e. The van der Waals surface area contributed by atoms with Gasteiger partial charge in [-0.25, -0.2) is 0 Å². The SMILES string of the molecule is CCN[C@H](C)CNC(=O)C1Cc2ccccc2CN1C(=O)C(C)CC.Cl. The van der Waals surface area contributed by atoms with Crippen molar-refractivity contribution in [1.82, 2.24) is 15.5 Å². The molecule has 26 heavy (non-hydrogen) atoms.